The van der Waals surface area contributed by atoms with E-state index in [9.17, 15) is 5.11 Å². The summed E-state index contributed by atoms with van der Waals surface area (Å²) in [6.45, 7) is 2.16. The molecule has 1 heterocycles. The Labute approximate surface area is 94.5 Å². The van der Waals surface area contributed by atoms with Crippen molar-refractivity contribution in [1.82, 2.24) is 0 Å². The molecule has 14 heavy (non-hydrogen) atoms. The van der Waals surface area contributed by atoms with Crippen molar-refractivity contribution >= 4 is 23.1 Å². The second-order valence-electron chi connectivity index (χ2n) is 3.26. The maximum atomic E-state index is 9.67. The first-order valence-electron chi connectivity index (χ1n) is 5.11. The van der Waals surface area contributed by atoms with Gasteiger partial charge in [0.2, 0.25) is 0 Å². The van der Waals surface area contributed by atoms with Crippen LogP contribution in [0.15, 0.2) is 17.5 Å². The number of aryl methyl sites for hydroxylation is 1. The van der Waals surface area contributed by atoms with Crippen LogP contribution in [0.25, 0.3) is 0 Å². The highest BCUT2D eigenvalue weighted by molar-refractivity contribution is 7.99. The van der Waals surface area contributed by atoms with Crippen LogP contribution < -0.4 is 0 Å². The molecule has 1 nitrogen and oxygen atoms in total. The Morgan fingerprint density at radius 3 is 3.00 bits per heavy atom. The number of aliphatic hydroxyl groups excluding tert-OH is 1. The molecule has 0 amide bonds. The number of hydrogen-bond donors (Lipinski definition) is 1. The molecule has 1 unspecified atom stereocenters. The Morgan fingerprint density at radius 2 is 2.36 bits per heavy atom. The molecule has 1 aromatic heterocycles. The molecule has 0 saturated carbocycles. The van der Waals surface area contributed by atoms with Gasteiger partial charge in [0.25, 0.3) is 0 Å². The molecule has 1 aromatic rings. The Hall–Kier alpha value is 0.01000. The summed E-state index contributed by atoms with van der Waals surface area (Å²) in [5.41, 5.74) is 0. The maximum absolute atomic E-state index is 9.67. The van der Waals surface area contributed by atoms with Crippen LogP contribution in [-0.4, -0.2) is 22.7 Å². The Bertz CT molecular complexity index is 221. The van der Waals surface area contributed by atoms with E-state index >= 15 is 0 Å². The smallest absolute Gasteiger partial charge is 0.0551 e. The summed E-state index contributed by atoms with van der Waals surface area (Å²) in [6.07, 6.45) is 2.75. The van der Waals surface area contributed by atoms with E-state index in [1.54, 1.807) is 11.3 Å². The van der Waals surface area contributed by atoms with E-state index in [4.69, 9.17) is 0 Å². The van der Waals surface area contributed by atoms with Gasteiger partial charge >= 0.3 is 0 Å². The topological polar surface area (TPSA) is 20.2 Å². The zero-order valence-electron chi connectivity index (χ0n) is 8.61. The van der Waals surface area contributed by atoms with Crippen molar-refractivity contribution in [3.8, 4) is 0 Å². The quantitative estimate of drug-likeness (QED) is 0.726. The summed E-state index contributed by atoms with van der Waals surface area (Å²) in [4.78, 5) is 1.38. The van der Waals surface area contributed by atoms with Crippen LogP contribution >= 0.6 is 23.1 Å². The lowest BCUT2D eigenvalue weighted by atomic mass is 10.1. The van der Waals surface area contributed by atoms with Crippen molar-refractivity contribution in [2.24, 2.45) is 0 Å². The van der Waals surface area contributed by atoms with E-state index in [-0.39, 0.29) is 6.10 Å². The highest BCUT2D eigenvalue weighted by Crippen LogP contribution is 2.14. The molecule has 1 rings (SSSR count). The van der Waals surface area contributed by atoms with E-state index < -0.39 is 0 Å². The second-order valence-corrected chi connectivity index (χ2v) is 5.68. The van der Waals surface area contributed by atoms with Crippen LogP contribution in [0.1, 0.15) is 24.6 Å². The third-order valence-corrected chi connectivity index (χ3v) is 3.97. The van der Waals surface area contributed by atoms with Gasteiger partial charge in [-0.15, -0.1) is 11.3 Å². The Balaban J connectivity index is 2.06. The van der Waals surface area contributed by atoms with Gasteiger partial charge < -0.3 is 5.11 Å². The molecule has 1 N–H and O–H groups in total. The largest absolute Gasteiger partial charge is 0.393 e. The summed E-state index contributed by atoms with van der Waals surface area (Å²) in [5, 5.41) is 11.8. The van der Waals surface area contributed by atoms with E-state index in [1.807, 2.05) is 11.8 Å². The van der Waals surface area contributed by atoms with E-state index in [1.165, 1.54) is 4.88 Å². The van der Waals surface area contributed by atoms with Crippen LogP contribution in [0.2, 0.25) is 0 Å². The SMILES string of the molecule is CCSCCC(O)CCc1cccs1. The molecule has 0 aromatic carbocycles. The van der Waals surface area contributed by atoms with Crippen LogP contribution in [0, 0.1) is 0 Å². The molecule has 1 atom stereocenters. The molecule has 0 saturated heterocycles. The van der Waals surface area contributed by atoms with Gasteiger partial charge in [-0.3, -0.25) is 0 Å². The van der Waals surface area contributed by atoms with Gasteiger partial charge in [-0.2, -0.15) is 11.8 Å². The van der Waals surface area contributed by atoms with Crippen LogP contribution in [0.4, 0.5) is 0 Å². The van der Waals surface area contributed by atoms with Crippen molar-refractivity contribution in [1.29, 1.82) is 0 Å². The van der Waals surface area contributed by atoms with E-state index in [0.717, 1.165) is 30.8 Å². The normalized spacial score (nSPS) is 13.0. The summed E-state index contributed by atoms with van der Waals surface area (Å²) < 4.78 is 0. The molecule has 0 aliphatic rings. The lowest BCUT2D eigenvalue weighted by Gasteiger charge is -2.08. The fourth-order valence-corrected chi connectivity index (χ4v) is 2.72. The van der Waals surface area contributed by atoms with Crippen molar-refractivity contribution in [3.63, 3.8) is 0 Å². The molecular weight excluding hydrogens is 212 g/mol. The average molecular weight is 230 g/mol. The Kier molecular flexibility index (Phi) is 6.32. The molecule has 0 bridgehead atoms. The zero-order valence-corrected chi connectivity index (χ0v) is 10.2. The molecule has 0 radical (unpaired) electrons. The van der Waals surface area contributed by atoms with Crippen molar-refractivity contribution < 1.29 is 5.11 Å². The summed E-state index contributed by atoms with van der Waals surface area (Å²) in [7, 11) is 0. The first-order chi connectivity index (χ1) is 6.83. The minimum absolute atomic E-state index is 0.115. The second kappa shape index (κ2) is 7.32. The third-order valence-electron chi connectivity index (χ3n) is 2.10. The van der Waals surface area contributed by atoms with Crippen LogP contribution in [0.5, 0.6) is 0 Å². The number of thioether (sulfide) groups is 1. The van der Waals surface area contributed by atoms with Gasteiger partial charge in [-0.25, -0.2) is 0 Å². The van der Waals surface area contributed by atoms with E-state index in [2.05, 4.69) is 24.4 Å². The van der Waals surface area contributed by atoms with Gasteiger partial charge in [0.05, 0.1) is 6.10 Å². The van der Waals surface area contributed by atoms with Gasteiger partial charge in [0.15, 0.2) is 0 Å². The fourth-order valence-electron chi connectivity index (χ4n) is 1.27. The molecule has 3 heteroatoms. The highest BCUT2D eigenvalue weighted by Gasteiger charge is 2.04. The minimum Gasteiger partial charge on any atom is -0.393 e. The predicted octanol–water partition coefficient (Wildman–Crippen LogP) is 3.18. The summed E-state index contributed by atoms with van der Waals surface area (Å²) >= 11 is 3.68. The van der Waals surface area contributed by atoms with E-state index in [0.29, 0.717) is 0 Å². The first kappa shape index (κ1) is 12.1. The number of aliphatic hydroxyl groups is 1. The Morgan fingerprint density at radius 1 is 1.50 bits per heavy atom. The third kappa shape index (κ3) is 5.03. The van der Waals surface area contributed by atoms with Gasteiger partial charge in [-0.1, -0.05) is 13.0 Å². The molecular formula is C11H18OS2. The molecule has 0 spiro atoms. The average Bonchev–Trinajstić information content (AvgIpc) is 2.68. The highest BCUT2D eigenvalue weighted by atomic mass is 32.2. The van der Waals surface area contributed by atoms with Crippen LogP contribution in [-0.2, 0) is 6.42 Å². The minimum atomic E-state index is -0.115. The molecule has 0 aliphatic carbocycles. The standard InChI is InChI=1S/C11H18OS2/c1-2-13-9-7-10(12)5-6-11-4-3-8-14-11/h3-4,8,10,12H,2,5-7,9H2,1H3. The van der Waals surface area contributed by atoms with Crippen molar-refractivity contribution in [3.05, 3.63) is 22.4 Å². The molecule has 0 aliphatic heterocycles. The molecule has 80 valence electrons. The summed E-state index contributed by atoms with van der Waals surface area (Å²) in [6, 6.07) is 4.21. The lowest BCUT2D eigenvalue weighted by molar-refractivity contribution is 0.162. The number of thiophene rings is 1. The van der Waals surface area contributed by atoms with Gasteiger partial charge in [0.1, 0.15) is 0 Å². The monoisotopic (exact) mass is 230 g/mol. The first-order valence-corrected chi connectivity index (χ1v) is 7.14. The lowest BCUT2D eigenvalue weighted by Crippen LogP contribution is -2.08. The number of rotatable bonds is 7. The maximum Gasteiger partial charge on any atom is 0.0551 e. The van der Waals surface area contributed by atoms with Gasteiger partial charge in [-0.05, 0) is 42.2 Å². The zero-order chi connectivity index (χ0) is 10.2. The van der Waals surface area contributed by atoms with Crippen LogP contribution in [0.3, 0.4) is 0 Å². The number of hydrogen-bond acceptors (Lipinski definition) is 3. The molecule has 0 fully saturated rings. The summed E-state index contributed by atoms with van der Waals surface area (Å²) in [5.74, 6) is 2.24. The predicted molar refractivity (Wildman–Crippen MR) is 66.3 cm³/mol. The van der Waals surface area contributed by atoms with Crippen molar-refractivity contribution in [2.45, 2.75) is 32.3 Å². The van der Waals surface area contributed by atoms with Gasteiger partial charge in [0, 0.05) is 4.88 Å². The van der Waals surface area contributed by atoms with Crippen molar-refractivity contribution in [2.75, 3.05) is 11.5 Å². The fraction of sp³-hybridized carbons (Fsp3) is 0.636.